The lowest BCUT2D eigenvalue weighted by Gasteiger charge is -2.22. The number of carbonyl (C=O) groups excluding carboxylic acids is 2. The van der Waals surface area contributed by atoms with Crippen molar-refractivity contribution in [1.82, 2.24) is 10.2 Å². The minimum atomic E-state index is -1.17. The maximum Gasteiger partial charge on any atom is 0.325 e. The second kappa shape index (κ2) is 5.50. The van der Waals surface area contributed by atoms with E-state index in [1.807, 2.05) is 31.2 Å². The number of rotatable bonds is 3. The Bertz CT molecular complexity index is 773. The van der Waals surface area contributed by atoms with Gasteiger partial charge in [0.25, 0.3) is 5.91 Å². The van der Waals surface area contributed by atoms with Crippen molar-refractivity contribution in [1.29, 1.82) is 0 Å². The predicted octanol–water partition coefficient (Wildman–Crippen LogP) is 3.10. The molecule has 1 aliphatic heterocycles. The van der Waals surface area contributed by atoms with Gasteiger partial charge in [0.2, 0.25) is 0 Å². The second-order valence-corrected chi connectivity index (χ2v) is 5.94. The molecule has 0 aliphatic carbocycles. The van der Waals surface area contributed by atoms with E-state index in [9.17, 15) is 14.0 Å². The van der Waals surface area contributed by atoms with E-state index in [4.69, 9.17) is 0 Å². The zero-order chi connectivity index (χ0) is 16.6. The van der Waals surface area contributed by atoms with Crippen LogP contribution < -0.4 is 5.32 Å². The van der Waals surface area contributed by atoms with Crippen LogP contribution in [-0.4, -0.2) is 16.8 Å². The number of nitrogens with one attached hydrogen (secondary N) is 1. The Morgan fingerprint density at radius 2 is 1.83 bits per heavy atom. The fraction of sp³-hybridized carbons (Fsp3) is 0.222. The summed E-state index contributed by atoms with van der Waals surface area (Å²) in [4.78, 5) is 26.2. The number of hydrogen-bond acceptors (Lipinski definition) is 2. The number of imide groups is 1. The van der Waals surface area contributed by atoms with Crippen LogP contribution in [0.2, 0.25) is 0 Å². The summed E-state index contributed by atoms with van der Waals surface area (Å²) < 4.78 is 13.1. The van der Waals surface area contributed by atoms with E-state index in [1.54, 1.807) is 6.92 Å². The number of benzene rings is 2. The first-order valence-corrected chi connectivity index (χ1v) is 7.36. The third-order valence-corrected chi connectivity index (χ3v) is 4.12. The molecule has 0 bridgehead atoms. The van der Waals surface area contributed by atoms with Crippen LogP contribution in [0.3, 0.4) is 0 Å². The molecule has 3 rings (SSSR count). The van der Waals surface area contributed by atoms with Gasteiger partial charge in [0.15, 0.2) is 0 Å². The summed E-state index contributed by atoms with van der Waals surface area (Å²) in [5.41, 5.74) is 1.34. The van der Waals surface area contributed by atoms with E-state index in [0.29, 0.717) is 5.56 Å². The lowest BCUT2D eigenvalue weighted by molar-refractivity contribution is -0.131. The Kier molecular flexibility index (Phi) is 3.64. The van der Waals surface area contributed by atoms with Crippen LogP contribution in [0.25, 0.3) is 0 Å². The molecule has 1 N–H and O–H groups in total. The van der Waals surface area contributed by atoms with Crippen molar-refractivity contribution in [2.24, 2.45) is 0 Å². The summed E-state index contributed by atoms with van der Waals surface area (Å²) in [6, 6.07) is 12.8. The highest BCUT2D eigenvalue weighted by molar-refractivity contribution is 6.07. The first-order chi connectivity index (χ1) is 10.9. The highest BCUT2D eigenvalue weighted by Gasteiger charge is 2.48. The van der Waals surface area contributed by atoms with Crippen LogP contribution in [0.5, 0.6) is 0 Å². The van der Waals surface area contributed by atoms with Crippen molar-refractivity contribution in [2.45, 2.75) is 25.9 Å². The molecule has 1 atom stereocenters. The van der Waals surface area contributed by atoms with Gasteiger partial charge in [0.1, 0.15) is 11.4 Å². The van der Waals surface area contributed by atoms with E-state index < -0.39 is 11.6 Å². The number of hydrogen-bond donors (Lipinski definition) is 1. The molecule has 0 aromatic heterocycles. The van der Waals surface area contributed by atoms with E-state index in [1.165, 1.54) is 29.2 Å². The van der Waals surface area contributed by atoms with Gasteiger partial charge in [-0.2, -0.15) is 0 Å². The molecule has 1 fully saturated rings. The summed E-state index contributed by atoms with van der Waals surface area (Å²) in [5, 5.41) is 2.72. The third-order valence-electron chi connectivity index (χ3n) is 4.12. The summed E-state index contributed by atoms with van der Waals surface area (Å²) >= 11 is 0. The first kappa shape index (κ1) is 15.2. The molecular weight excluding hydrogens is 295 g/mol. The van der Waals surface area contributed by atoms with E-state index in [2.05, 4.69) is 5.32 Å². The molecule has 1 saturated heterocycles. The van der Waals surface area contributed by atoms with Crippen molar-refractivity contribution < 1.29 is 14.0 Å². The van der Waals surface area contributed by atoms with Gasteiger partial charge < -0.3 is 5.32 Å². The normalized spacial score (nSPS) is 20.7. The van der Waals surface area contributed by atoms with Crippen LogP contribution in [0, 0.1) is 12.7 Å². The quantitative estimate of drug-likeness (QED) is 0.885. The average Bonchev–Trinajstić information content (AvgIpc) is 2.72. The lowest BCUT2D eigenvalue weighted by Crippen LogP contribution is -2.40. The molecule has 0 spiro atoms. The van der Waals surface area contributed by atoms with Crippen molar-refractivity contribution in [3.63, 3.8) is 0 Å². The SMILES string of the molecule is Cc1cccc(CN2C(=O)NC(C)(c3ccc(F)cc3)C2=O)c1. The molecule has 23 heavy (non-hydrogen) atoms. The zero-order valence-electron chi connectivity index (χ0n) is 13.0. The molecule has 1 unspecified atom stereocenters. The Morgan fingerprint density at radius 1 is 1.13 bits per heavy atom. The minimum Gasteiger partial charge on any atom is -0.319 e. The van der Waals surface area contributed by atoms with Crippen molar-refractivity contribution >= 4 is 11.9 Å². The highest BCUT2D eigenvalue weighted by Crippen LogP contribution is 2.29. The van der Waals surface area contributed by atoms with Gasteiger partial charge in [-0.05, 0) is 37.1 Å². The highest BCUT2D eigenvalue weighted by atomic mass is 19.1. The number of halogens is 1. The van der Waals surface area contributed by atoms with Crippen LogP contribution in [0.15, 0.2) is 48.5 Å². The van der Waals surface area contributed by atoms with Gasteiger partial charge in [-0.1, -0.05) is 42.0 Å². The molecule has 4 nitrogen and oxygen atoms in total. The molecular formula is C18H17FN2O2. The monoisotopic (exact) mass is 312 g/mol. The molecule has 3 amide bonds. The van der Waals surface area contributed by atoms with Gasteiger partial charge in [0, 0.05) is 0 Å². The van der Waals surface area contributed by atoms with Crippen LogP contribution in [0.1, 0.15) is 23.6 Å². The molecule has 1 heterocycles. The van der Waals surface area contributed by atoms with Crippen molar-refractivity contribution in [3.8, 4) is 0 Å². The summed E-state index contributed by atoms with van der Waals surface area (Å²) in [6.45, 7) is 3.80. The maximum absolute atomic E-state index is 13.1. The van der Waals surface area contributed by atoms with E-state index in [0.717, 1.165) is 11.1 Å². The van der Waals surface area contributed by atoms with E-state index >= 15 is 0 Å². The minimum absolute atomic E-state index is 0.211. The number of amides is 3. The summed E-state index contributed by atoms with van der Waals surface area (Å²) in [5.74, 6) is -0.721. The Labute approximate surface area is 133 Å². The lowest BCUT2D eigenvalue weighted by atomic mass is 9.92. The Morgan fingerprint density at radius 3 is 2.48 bits per heavy atom. The fourth-order valence-corrected chi connectivity index (χ4v) is 2.81. The van der Waals surface area contributed by atoms with Crippen LogP contribution >= 0.6 is 0 Å². The molecule has 5 heteroatoms. The number of aryl methyl sites for hydroxylation is 1. The van der Waals surface area contributed by atoms with Crippen molar-refractivity contribution in [2.75, 3.05) is 0 Å². The number of nitrogens with zero attached hydrogens (tertiary/aromatic N) is 1. The second-order valence-electron chi connectivity index (χ2n) is 5.94. The van der Waals surface area contributed by atoms with Crippen LogP contribution in [-0.2, 0) is 16.9 Å². The van der Waals surface area contributed by atoms with E-state index in [-0.39, 0.29) is 18.3 Å². The molecule has 0 saturated carbocycles. The van der Waals surface area contributed by atoms with Gasteiger partial charge in [-0.25, -0.2) is 9.18 Å². The molecule has 118 valence electrons. The van der Waals surface area contributed by atoms with Gasteiger partial charge in [0.05, 0.1) is 6.54 Å². The number of urea groups is 1. The number of carbonyl (C=O) groups is 2. The van der Waals surface area contributed by atoms with Gasteiger partial charge in [-0.3, -0.25) is 9.69 Å². The third kappa shape index (κ3) is 2.70. The first-order valence-electron chi connectivity index (χ1n) is 7.36. The Hall–Kier alpha value is -2.69. The average molecular weight is 312 g/mol. The van der Waals surface area contributed by atoms with Gasteiger partial charge in [-0.15, -0.1) is 0 Å². The maximum atomic E-state index is 13.1. The molecule has 2 aromatic carbocycles. The fourth-order valence-electron chi connectivity index (χ4n) is 2.81. The summed E-state index contributed by atoms with van der Waals surface area (Å²) in [6.07, 6.45) is 0. The predicted molar refractivity (Wildman–Crippen MR) is 84.0 cm³/mol. The summed E-state index contributed by atoms with van der Waals surface area (Å²) in [7, 11) is 0. The Balaban J connectivity index is 1.89. The standard InChI is InChI=1S/C18H17FN2O2/c1-12-4-3-5-13(10-12)11-21-16(22)18(2,20-17(21)23)14-6-8-15(19)9-7-14/h3-10H,11H2,1-2H3,(H,20,23). The molecule has 0 radical (unpaired) electrons. The largest absolute Gasteiger partial charge is 0.325 e. The topological polar surface area (TPSA) is 49.4 Å². The molecule has 1 aliphatic rings. The smallest absolute Gasteiger partial charge is 0.319 e. The molecule has 2 aromatic rings. The van der Waals surface area contributed by atoms with Crippen LogP contribution in [0.4, 0.5) is 9.18 Å². The zero-order valence-corrected chi connectivity index (χ0v) is 13.0. The van der Waals surface area contributed by atoms with Gasteiger partial charge >= 0.3 is 6.03 Å². The van der Waals surface area contributed by atoms with Crippen molar-refractivity contribution in [3.05, 3.63) is 71.0 Å².